The first-order chi connectivity index (χ1) is 8.74. The predicted molar refractivity (Wildman–Crippen MR) is 70.4 cm³/mol. The Hall–Kier alpha value is -2.09. The number of hydrogen-bond donors (Lipinski definition) is 3. The van der Waals surface area contributed by atoms with E-state index in [1.165, 1.54) is 6.33 Å². The van der Waals surface area contributed by atoms with Crippen molar-refractivity contribution in [3.05, 3.63) is 27.1 Å². The van der Waals surface area contributed by atoms with Crippen LogP contribution in [0.2, 0.25) is 0 Å². The Kier molecular flexibility index (Phi) is 3.78. The number of rotatable bonds is 5. The molecule has 0 spiro atoms. The van der Waals surface area contributed by atoms with Gasteiger partial charge in [-0.05, 0) is 0 Å². The van der Waals surface area contributed by atoms with Crippen molar-refractivity contribution >= 4 is 23.0 Å². The van der Waals surface area contributed by atoms with Gasteiger partial charge < -0.3 is 20.4 Å². The molecule has 0 unspecified atom stereocenters. The second-order valence-electron chi connectivity index (χ2n) is 3.38. The number of thiazole rings is 1. The predicted octanol–water partition coefficient (Wildman–Crippen LogP) is 0.889. The Labute approximate surface area is 107 Å². The van der Waals surface area contributed by atoms with E-state index in [1.807, 2.05) is 0 Å². The second-order valence-corrected chi connectivity index (χ2v) is 4.22. The standard InChI is InChI=1S/C10H13N5O2S/c1-11-8-7(17-2)9(14-5-13-8)12-3-6-4-18-10(16)15-6/h4-5H,3H2,1-2H3,(H,15,16)(H2,11,12,13,14). The molecule has 0 aliphatic heterocycles. The second kappa shape index (κ2) is 5.50. The van der Waals surface area contributed by atoms with Crippen molar-refractivity contribution in [2.75, 3.05) is 24.8 Å². The smallest absolute Gasteiger partial charge is 0.304 e. The molecule has 0 aliphatic rings. The minimum absolute atomic E-state index is 0.0719. The van der Waals surface area contributed by atoms with Crippen LogP contribution in [0.1, 0.15) is 5.69 Å². The van der Waals surface area contributed by atoms with Crippen LogP contribution in [0, 0.1) is 0 Å². The Morgan fingerprint density at radius 3 is 2.83 bits per heavy atom. The van der Waals surface area contributed by atoms with Gasteiger partial charge in [-0.25, -0.2) is 9.97 Å². The largest absolute Gasteiger partial charge is 0.490 e. The van der Waals surface area contributed by atoms with E-state index in [1.54, 1.807) is 19.5 Å². The van der Waals surface area contributed by atoms with Gasteiger partial charge in [-0.15, -0.1) is 0 Å². The lowest BCUT2D eigenvalue weighted by atomic mass is 10.4. The topological polar surface area (TPSA) is 91.9 Å². The summed E-state index contributed by atoms with van der Waals surface area (Å²) in [5.41, 5.74) is 0.802. The molecule has 0 atom stereocenters. The maximum Gasteiger partial charge on any atom is 0.304 e. The van der Waals surface area contributed by atoms with E-state index in [-0.39, 0.29) is 4.87 Å². The third-order valence-corrected chi connectivity index (χ3v) is 2.98. The van der Waals surface area contributed by atoms with Crippen molar-refractivity contribution in [2.45, 2.75) is 6.54 Å². The minimum Gasteiger partial charge on any atom is -0.490 e. The van der Waals surface area contributed by atoms with E-state index in [9.17, 15) is 4.79 Å². The average molecular weight is 267 g/mol. The number of hydrogen-bond acceptors (Lipinski definition) is 7. The molecule has 7 nitrogen and oxygen atoms in total. The molecule has 2 heterocycles. The summed E-state index contributed by atoms with van der Waals surface area (Å²) in [7, 11) is 3.31. The zero-order valence-electron chi connectivity index (χ0n) is 9.98. The van der Waals surface area contributed by atoms with Gasteiger partial charge in [0.25, 0.3) is 0 Å². The molecular formula is C10H13N5O2S. The molecule has 0 aliphatic carbocycles. The molecule has 0 aromatic carbocycles. The van der Waals surface area contributed by atoms with E-state index < -0.39 is 0 Å². The summed E-state index contributed by atoms with van der Waals surface area (Å²) in [5.74, 6) is 1.72. The van der Waals surface area contributed by atoms with Gasteiger partial charge in [-0.3, -0.25) is 4.79 Å². The third-order valence-electron chi connectivity index (χ3n) is 2.26. The maximum absolute atomic E-state index is 11.0. The lowest BCUT2D eigenvalue weighted by molar-refractivity contribution is 0.415. The highest BCUT2D eigenvalue weighted by atomic mass is 32.1. The summed E-state index contributed by atoms with van der Waals surface area (Å²) in [6, 6.07) is 0. The van der Waals surface area contributed by atoms with Gasteiger partial charge in [-0.2, -0.15) is 0 Å². The number of ether oxygens (including phenoxy) is 1. The van der Waals surface area contributed by atoms with Gasteiger partial charge in [0.05, 0.1) is 13.7 Å². The summed E-state index contributed by atoms with van der Waals surface area (Å²) in [4.78, 5) is 21.8. The molecule has 96 valence electrons. The van der Waals surface area contributed by atoms with Gasteiger partial charge in [0.1, 0.15) is 6.33 Å². The quantitative estimate of drug-likeness (QED) is 0.745. The third kappa shape index (κ3) is 2.59. The molecule has 8 heteroatoms. The lowest BCUT2D eigenvalue weighted by Crippen LogP contribution is -2.07. The molecule has 0 amide bonds. The van der Waals surface area contributed by atoms with Crippen molar-refractivity contribution in [1.82, 2.24) is 15.0 Å². The number of anilines is 2. The van der Waals surface area contributed by atoms with Gasteiger partial charge in [0.15, 0.2) is 11.6 Å². The van der Waals surface area contributed by atoms with E-state index in [0.29, 0.717) is 23.9 Å². The molecule has 2 aromatic rings. The fourth-order valence-electron chi connectivity index (χ4n) is 1.45. The number of methoxy groups -OCH3 is 1. The molecular weight excluding hydrogens is 254 g/mol. The zero-order chi connectivity index (χ0) is 13.0. The summed E-state index contributed by atoms with van der Waals surface area (Å²) < 4.78 is 5.24. The van der Waals surface area contributed by atoms with Crippen molar-refractivity contribution in [2.24, 2.45) is 0 Å². The Balaban J connectivity index is 2.16. The van der Waals surface area contributed by atoms with E-state index in [4.69, 9.17) is 4.74 Å². The number of nitrogens with zero attached hydrogens (tertiary/aromatic N) is 2. The van der Waals surface area contributed by atoms with Crippen molar-refractivity contribution in [3.8, 4) is 5.75 Å². The first kappa shape index (κ1) is 12.4. The fraction of sp³-hybridized carbons (Fsp3) is 0.300. The van der Waals surface area contributed by atoms with Crippen molar-refractivity contribution in [1.29, 1.82) is 0 Å². The number of aromatic amines is 1. The summed E-state index contributed by atoms with van der Waals surface area (Å²) >= 11 is 1.13. The first-order valence-corrected chi connectivity index (χ1v) is 6.10. The van der Waals surface area contributed by atoms with Crippen LogP contribution in [0.4, 0.5) is 11.6 Å². The van der Waals surface area contributed by atoms with Crippen LogP contribution >= 0.6 is 11.3 Å². The van der Waals surface area contributed by atoms with E-state index in [0.717, 1.165) is 17.0 Å². The van der Waals surface area contributed by atoms with E-state index >= 15 is 0 Å². The van der Waals surface area contributed by atoms with Gasteiger partial charge in [0.2, 0.25) is 5.75 Å². The minimum atomic E-state index is -0.0719. The highest BCUT2D eigenvalue weighted by molar-refractivity contribution is 7.07. The molecule has 18 heavy (non-hydrogen) atoms. The highest BCUT2D eigenvalue weighted by Crippen LogP contribution is 2.28. The number of H-pyrrole nitrogens is 1. The Morgan fingerprint density at radius 1 is 1.44 bits per heavy atom. The van der Waals surface area contributed by atoms with Crippen LogP contribution < -0.4 is 20.2 Å². The fourth-order valence-corrected chi connectivity index (χ4v) is 2.03. The average Bonchev–Trinajstić information content (AvgIpc) is 2.81. The molecule has 0 saturated heterocycles. The van der Waals surface area contributed by atoms with Crippen molar-refractivity contribution in [3.63, 3.8) is 0 Å². The van der Waals surface area contributed by atoms with Gasteiger partial charge in [-0.1, -0.05) is 11.3 Å². The van der Waals surface area contributed by atoms with Crippen LogP contribution in [-0.4, -0.2) is 29.1 Å². The molecule has 0 fully saturated rings. The number of aromatic nitrogens is 3. The van der Waals surface area contributed by atoms with Crippen LogP contribution in [-0.2, 0) is 6.54 Å². The SMILES string of the molecule is CNc1ncnc(NCc2csc(=O)[nH]2)c1OC. The van der Waals surface area contributed by atoms with Crippen LogP contribution in [0.5, 0.6) is 5.75 Å². The molecule has 2 rings (SSSR count). The van der Waals surface area contributed by atoms with Gasteiger partial charge in [0, 0.05) is 18.1 Å². The highest BCUT2D eigenvalue weighted by Gasteiger charge is 2.10. The molecule has 2 aromatic heterocycles. The van der Waals surface area contributed by atoms with Crippen molar-refractivity contribution < 1.29 is 4.74 Å². The molecule has 0 saturated carbocycles. The van der Waals surface area contributed by atoms with Crippen LogP contribution in [0.15, 0.2) is 16.5 Å². The molecule has 3 N–H and O–H groups in total. The Morgan fingerprint density at radius 2 is 2.22 bits per heavy atom. The van der Waals surface area contributed by atoms with Gasteiger partial charge >= 0.3 is 4.87 Å². The van der Waals surface area contributed by atoms with E-state index in [2.05, 4.69) is 25.6 Å². The first-order valence-electron chi connectivity index (χ1n) is 5.22. The maximum atomic E-state index is 11.0. The monoisotopic (exact) mass is 267 g/mol. The summed E-state index contributed by atoms with van der Waals surface area (Å²) in [5, 5.41) is 7.77. The number of nitrogens with one attached hydrogen (secondary N) is 3. The summed E-state index contributed by atoms with van der Waals surface area (Å²) in [6.07, 6.45) is 1.44. The zero-order valence-corrected chi connectivity index (χ0v) is 10.8. The Bertz CT molecular complexity index is 580. The van der Waals surface area contributed by atoms with Crippen LogP contribution in [0.25, 0.3) is 0 Å². The summed E-state index contributed by atoms with van der Waals surface area (Å²) in [6.45, 7) is 0.468. The molecule has 0 radical (unpaired) electrons. The molecule has 0 bridgehead atoms. The van der Waals surface area contributed by atoms with Crippen LogP contribution in [0.3, 0.4) is 0 Å². The lowest BCUT2D eigenvalue weighted by Gasteiger charge is -2.11. The normalized spacial score (nSPS) is 10.1.